The Kier molecular flexibility index (Phi) is 7.07. The molecule has 1 N–H and O–H groups in total. The second kappa shape index (κ2) is 7.87. The summed E-state index contributed by atoms with van der Waals surface area (Å²) in [4.78, 5) is 10.5. The van der Waals surface area contributed by atoms with Crippen LogP contribution in [0.3, 0.4) is 0 Å². The van der Waals surface area contributed by atoms with Crippen LogP contribution in [-0.2, 0) is 14.2 Å². The molecule has 0 aromatic heterocycles. The number of alkyl carbamates (subject to hydrolysis) is 1. The van der Waals surface area contributed by atoms with Crippen molar-refractivity contribution in [2.45, 2.75) is 0 Å². The predicted octanol–water partition coefficient (Wildman–Crippen LogP) is 0.477. The largest absolute Gasteiger partial charge is 0.476 e. The molecule has 0 aromatic carbocycles. The minimum Gasteiger partial charge on any atom is -0.476 e. The van der Waals surface area contributed by atoms with Crippen molar-refractivity contribution in [2.24, 2.45) is 0 Å². The number of hydrogen-bond donors (Lipinski definition) is 1. The number of carbonyl (C=O) groups excluding carboxylic acids is 1. The number of nitrogens with one attached hydrogen (secondary N) is 1. The normalized spacial score (nSPS) is 8.75. The van der Waals surface area contributed by atoms with Crippen molar-refractivity contribution in [2.75, 3.05) is 27.1 Å². The van der Waals surface area contributed by atoms with Crippen LogP contribution in [0.5, 0.6) is 0 Å². The average molecular weight is 175 g/mol. The lowest BCUT2D eigenvalue weighted by Crippen LogP contribution is -2.21. The summed E-state index contributed by atoms with van der Waals surface area (Å²) in [6.07, 6.45) is 0.808. The molecule has 0 aliphatic carbocycles. The van der Waals surface area contributed by atoms with E-state index in [2.05, 4.69) is 21.4 Å². The Balaban J connectivity index is 3.00. The van der Waals surface area contributed by atoms with E-state index in [9.17, 15) is 4.79 Å². The quantitative estimate of drug-likeness (QED) is 0.362. The number of amides is 1. The fourth-order valence-corrected chi connectivity index (χ4v) is 0.421. The lowest BCUT2D eigenvalue weighted by Gasteiger charge is -2.04. The van der Waals surface area contributed by atoms with Crippen LogP contribution < -0.4 is 5.32 Å². The maximum absolute atomic E-state index is 10.5. The van der Waals surface area contributed by atoms with Gasteiger partial charge in [0.15, 0.2) is 6.79 Å². The topological polar surface area (TPSA) is 56.8 Å². The molecule has 0 saturated carbocycles. The van der Waals surface area contributed by atoms with Crippen molar-refractivity contribution in [3.63, 3.8) is 0 Å². The smallest absolute Gasteiger partial charge is 0.406 e. The van der Waals surface area contributed by atoms with Crippen molar-refractivity contribution in [1.29, 1.82) is 0 Å². The standard InChI is InChI=1S/C7H13NO4/c1-3-10-6-11-4-5-12-7(9)8-2/h3H,1,4-6H2,2H3,(H,8,9). The molecule has 70 valence electrons. The van der Waals surface area contributed by atoms with E-state index in [1.807, 2.05) is 0 Å². The van der Waals surface area contributed by atoms with Crippen LogP contribution in [-0.4, -0.2) is 33.1 Å². The van der Waals surface area contributed by atoms with E-state index in [0.717, 1.165) is 0 Å². The second-order valence-electron chi connectivity index (χ2n) is 1.75. The first kappa shape index (κ1) is 10.8. The van der Waals surface area contributed by atoms with Gasteiger partial charge in [-0.05, 0) is 0 Å². The molecule has 0 bridgehead atoms. The predicted molar refractivity (Wildman–Crippen MR) is 42.5 cm³/mol. The van der Waals surface area contributed by atoms with E-state index in [4.69, 9.17) is 4.74 Å². The zero-order chi connectivity index (χ0) is 9.23. The average Bonchev–Trinajstić information content (AvgIpc) is 2.10. The maximum atomic E-state index is 10.5. The third kappa shape index (κ3) is 6.88. The molecule has 0 fully saturated rings. The summed E-state index contributed by atoms with van der Waals surface area (Å²) in [5.74, 6) is 0. The molecule has 0 saturated heterocycles. The highest BCUT2D eigenvalue weighted by Crippen LogP contribution is 1.81. The van der Waals surface area contributed by atoms with Crippen molar-refractivity contribution >= 4 is 6.09 Å². The Morgan fingerprint density at radius 1 is 1.58 bits per heavy atom. The van der Waals surface area contributed by atoms with Crippen molar-refractivity contribution in [1.82, 2.24) is 5.32 Å². The molecule has 5 nitrogen and oxygen atoms in total. The first-order valence-electron chi connectivity index (χ1n) is 3.46. The lowest BCUT2D eigenvalue weighted by molar-refractivity contribution is -0.0261. The molecule has 0 heterocycles. The summed E-state index contributed by atoms with van der Waals surface area (Å²) in [7, 11) is 1.49. The Morgan fingerprint density at radius 2 is 2.33 bits per heavy atom. The third-order valence-corrected chi connectivity index (χ3v) is 0.934. The van der Waals surface area contributed by atoms with Crippen LogP contribution in [0.25, 0.3) is 0 Å². The summed E-state index contributed by atoms with van der Waals surface area (Å²) >= 11 is 0. The molecule has 0 rings (SSSR count). The van der Waals surface area contributed by atoms with E-state index >= 15 is 0 Å². The van der Waals surface area contributed by atoms with Gasteiger partial charge < -0.3 is 19.5 Å². The Hall–Kier alpha value is -1.23. The molecule has 0 aliphatic rings. The molecule has 5 heteroatoms. The van der Waals surface area contributed by atoms with Crippen LogP contribution in [0, 0.1) is 0 Å². The van der Waals surface area contributed by atoms with Crippen molar-refractivity contribution < 1.29 is 19.0 Å². The number of rotatable bonds is 6. The second-order valence-corrected chi connectivity index (χ2v) is 1.75. The van der Waals surface area contributed by atoms with Gasteiger partial charge in [-0.2, -0.15) is 0 Å². The minimum atomic E-state index is -0.469. The third-order valence-electron chi connectivity index (χ3n) is 0.934. The lowest BCUT2D eigenvalue weighted by atomic mass is 10.8. The highest BCUT2D eigenvalue weighted by Gasteiger charge is 1.95. The van der Waals surface area contributed by atoms with Gasteiger partial charge in [-0.1, -0.05) is 6.58 Å². The van der Waals surface area contributed by atoms with E-state index in [-0.39, 0.29) is 13.4 Å². The van der Waals surface area contributed by atoms with E-state index < -0.39 is 6.09 Å². The van der Waals surface area contributed by atoms with E-state index in [1.54, 1.807) is 0 Å². The molecule has 0 unspecified atom stereocenters. The highest BCUT2D eigenvalue weighted by molar-refractivity contribution is 5.66. The molecule has 0 spiro atoms. The van der Waals surface area contributed by atoms with E-state index in [0.29, 0.717) is 6.61 Å². The van der Waals surface area contributed by atoms with Crippen LogP contribution in [0.4, 0.5) is 4.79 Å². The first-order chi connectivity index (χ1) is 5.81. The summed E-state index contributed by atoms with van der Waals surface area (Å²) in [6, 6.07) is 0. The van der Waals surface area contributed by atoms with Gasteiger partial charge in [0.2, 0.25) is 0 Å². The fraction of sp³-hybridized carbons (Fsp3) is 0.571. The van der Waals surface area contributed by atoms with Crippen molar-refractivity contribution in [3.8, 4) is 0 Å². The monoisotopic (exact) mass is 175 g/mol. The summed E-state index contributed by atoms with van der Waals surface area (Å²) in [5.41, 5.74) is 0. The number of hydrogen-bond acceptors (Lipinski definition) is 4. The van der Waals surface area contributed by atoms with Gasteiger partial charge in [-0.15, -0.1) is 0 Å². The zero-order valence-electron chi connectivity index (χ0n) is 7.04. The SMILES string of the molecule is C=COCOCCOC(=O)NC. The number of carbonyl (C=O) groups is 1. The van der Waals surface area contributed by atoms with E-state index in [1.165, 1.54) is 13.3 Å². The fourth-order valence-electron chi connectivity index (χ4n) is 0.421. The Bertz CT molecular complexity index is 137. The minimum absolute atomic E-state index is 0.126. The molecular formula is C7H13NO4. The van der Waals surface area contributed by atoms with Gasteiger partial charge in [0.05, 0.1) is 12.9 Å². The molecule has 0 radical (unpaired) electrons. The summed E-state index contributed by atoms with van der Waals surface area (Å²) < 4.78 is 14.1. The molecule has 0 atom stereocenters. The molecule has 1 amide bonds. The van der Waals surface area contributed by atoms with Crippen molar-refractivity contribution in [3.05, 3.63) is 12.8 Å². The van der Waals surface area contributed by atoms with Gasteiger partial charge in [-0.25, -0.2) is 4.79 Å². The summed E-state index contributed by atoms with van der Waals surface area (Å²) in [6.45, 7) is 3.96. The van der Waals surface area contributed by atoms with Gasteiger partial charge in [0.1, 0.15) is 6.61 Å². The summed E-state index contributed by atoms with van der Waals surface area (Å²) in [5, 5.41) is 2.30. The molecule has 0 aromatic rings. The van der Waals surface area contributed by atoms with Crippen LogP contribution in [0.1, 0.15) is 0 Å². The van der Waals surface area contributed by atoms with Crippen LogP contribution in [0.2, 0.25) is 0 Å². The number of ether oxygens (including phenoxy) is 3. The van der Waals surface area contributed by atoms with Gasteiger partial charge in [0, 0.05) is 7.05 Å². The zero-order valence-corrected chi connectivity index (χ0v) is 7.04. The first-order valence-corrected chi connectivity index (χ1v) is 3.46. The molecular weight excluding hydrogens is 162 g/mol. The van der Waals surface area contributed by atoms with Crippen LogP contribution >= 0.6 is 0 Å². The Labute approximate surface area is 71.3 Å². The Morgan fingerprint density at radius 3 is 2.92 bits per heavy atom. The highest BCUT2D eigenvalue weighted by atomic mass is 16.7. The molecule has 12 heavy (non-hydrogen) atoms. The van der Waals surface area contributed by atoms with Crippen LogP contribution in [0.15, 0.2) is 12.8 Å². The molecule has 0 aliphatic heterocycles. The maximum Gasteiger partial charge on any atom is 0.406 e. The van der Waals surface area contributed by atoms with Gasteiger partial charge in [0.25, 0.3) is 0 Å². The van der Waals surface area contributed by atoms with Gasteiger partial charge in [-0.3, -0.25) is 0 Å². The van der Waals surface area contributed by atoms with Gasteiger partial charge >= 0.3 is 6.09 Å².